The van der Waals surface area contributed by atoms with Crippen LogP contribution < -0.4 is 16.0 Å². The van der Waals surface area contributed by atoms with Crippen LogP contribution in [-0.2, 0) is 24.2 Å². The van der Waals surface area contributed by atoms with Crippen LogP contribution in [0.2, 0.25) is 5.02 Å². The van der Waals surface area contributed by atoms with Crippen molar-refractivity contribution in [3.8, 4) is 0 Å². The van der Waals surface area contributed by atoms with E-state index < -0.39 is 0 Å². The SMILES string of the molecule is CCN(C)CCNC(=O)C(Cc1ccc(Cl)cc1)NC(CC1NCc2ccccc21)=C1CC1.CCN(CCCc1ccccc1F)SC. The second-order valence-electron chi connectivity index (χ2n) is 12.5. The Morgan fingerprint density at radius 1 is 1.02 bits per heavy atom. The molecule has 1 fully saturated rings. The largest absolute Gasteiger partial charge is 0.377 e. The van der Waals surface area contributed by atoms with E-state index in [1.807, 2.05) is 36.4 Å². The predicted octanol–water partition coefficient (Wildman–Crippen LogP) is 7.55. The van der Waals surface area contributed by atoms with Crippen LogP contribution in [0.15, 0.2) is 84.1 Å². The standard InChI is InChI=1S/C27H35ClN4O.C12H18FNS/c1-3-32(2)15-14-29-27(33)26(16-19-8-12-22(28)13-9-19)31-24(20-10-11-20)17-25-23-7-5-4-6-21(23)18-30-25;1-3-14(15-2)10-6-8-11-7-4-5-9-12(11)13/h4-9,12-13,25-26,30-31H,3,10-11,14-18H2,1-2H3,(H,29,33);4-5,7,9H,3,6,8,10H2,1-2H3. The van der Waals surface area contributed by atoms with Gasteiger partial charge in [0, 0.05) is 62.3 Å². The van der Waals surface area contributed by atoms with Crippen LogP contribution in [0, 0.1) is 5.82 Å². The fourth-order valence-corrected chi connectivity index (χ4v) is 6.58. The molecule has 2 unspecified atom stereocenters. The lowest BCUT2D eigenvalue weighted by Crippen LogP contribution is -2.47. The van der Waals surface area contributed by atoms with E-state index in [9.17, 15) is 9.18 Å². The van der Waals surface area contributed by atoms with Gasteiger partial charge in [0.15, 0.2) is 0 Å². The smallest absolute Gasteiger partial charge is 0.242 e. The maximum Gasteiger partial charge on any atom is 0.242 e. The van der Waals surface area contributed by atoms with E-state index in [2.05, 4.69) is 76.6 Å². The highest BCUT2D eigenvalue weighted by Gasteiger charge is 2.29. The molecule has 1 amide bonds. The van der Waals surface area contributed by atoms with Gasteiger partial charge in [0.05, 0.1) is 0 Å². The van der Waals surface area contributed by atoms with Gasteiger partial charge in [-0.15, -0.1) is 0 Å². The zero-order valence-electron chi connectivity index (χ0n) is 29.0. The van der Waals surface area contributed by atoms with Gasteiger partial charge in [0.25, 0.3) is 0 Å². The Hall–Kier alpha value is -2.88. The summed E-state index contributed by atoms with van der Waals surface area (Å²) in [6.07, 6.45) is 7.65. The van der Waals surface area contributed by atoms with Crippen molar-refractivity contribution in [3.05, 3.63) is 117 Å². The summed E-state index contributed by atoms with van der Waals surface area (Å²) in [4.78, 5) is 15.4. The molecular formula is C39H53ClFN5OS. The quantitative estimate of drug-likeness (QED) is 0.127. The van der Waals surface area contributed by atoms with Gasteiger partial charge >= 0.3 is 0 Å². The van der Waals surface area contributed by atoms with Crippen molar-refractivity contribution in [1.29, 1.82) is 0 Å². The summed E-state index contributed by atoms with van der Waals surface area (Å²) in [6.45, 7) is 9.68. The number of rotatable bonds is 17. The second-order valence-corrected chi connectivity index (χ2v) is 13.9. The molecule has 1 aliphatic heterocycles. The van der Waals surface area contributed by atoms with Crippen molar-refractivity contribution >= 4 is 29.5 Å². The topological polar surface area (TPSA) is 59.6 Å². The maximum atomic E-state index is 13.3. The van der Waals surface area contributed by atoms with E-state index in [0.29, 0.717) is 18.0 Å². The summed E-state index contributed by atoms with van der Waals surface area (Å²) in [7, 11) is 2.07. The molecular weight excluding hydrogens is 641 g/mol. The molecule has 2 aliphatic rings. The molecule has 3 N–H and O–H groups in total. The molecule has 48 heavy (non-hydrogen) atoms. The molecule has 3 aromatic carbocycles. The van der Waals surface area contributed by atoms with Gasteiger partial charge in [-0.25, -0.2) is 4.39 Å². The Bertz CT molecular complexity index is 1460. The van der Waals surface area contributed by atoms with Crippen LogP contribution in [0.1, 0.15) is 67.8 Å². The minimum Gasteiger partial charge on any atom is -0.377 e. The Morgan fingerprint density at radius 2 is 1.75 bits per heavy atom. The summed E-state index contributed by atoms with van der Waals surface area (Å²) in [5.74, 6) is -0.0299. The Kier molecular flexibility index (Phi) is 15.8. The van der Waals surface area contributed by atoms with Crippen molar-refractivity contribution in [3.63, 3.8) is 0 Å². The van der Waals surface area contributed by atoms with Crippen molar-refractivity contribution in [2.45, 2.75) is 71.0 Å². The third-order valence-corrected chi connectivity index (χ3v) is 10.3. The van der Waals surface area contributed by atoms with E-state index in [-0.39, 0.29) is 23.8 Å². The monoisotopic (exact) mass is 693 g/mol. The van der Waals surface area contributed by atoms with Crippen molar-refractivity contribution < 1.29 is 9.18 Å². The number of benzene rings is 3. The third kappa shape index (κ3) is 12.2. The molecule has 9 heteroatoms. The molecule has 0 radical (unpaired) electrons. The number of hydrogen-bond acceptors (Lipinski definition) is 6. The lowest BCUT2D eigenvalue weighted by atomic mass is 9.99. The fraction of sp³-hybridized carbons (Fsp3) is 0.462. The molecule has 0 aromatic heterocycles. The number of nitrogens with one attached hydrogen (secondary N) is 3. The molecule has 1 aliphatic carbocycles. The number of allylic oxidation sites excluding steroid dienone is 1. The molecule has 6 nitrogen and oxygen atoms in total. The number of hydrogen-bond donors (Lipinski definition) is 3. The van der Waals surface area contributed by atoms with Gasteiger partial charge in [-0.1, -0.05) is 97.6 Å². The first-order valence-corrected chi connectivity index (χ1v) is 18.9. The first-order valence-electron chi connectivity index (χ1n) is 17.3. The summed E-state index contributed by atoms with van der Waals surface area (Å²) >= 11 is 7.83. The molecule has 0 bridgehead atoms. The van der Waals surface area contributed by atoms with E-state index in [1.165, 1.54) is 28.5 Å². The molecule has 1 saturated carbocycles. The van der Waals surface area contributed by atoms with E-state index >= 15 is 0 Å². The number of carbonyl (C=O) groups is 1. The number of likely N-dealkylation sites (N-methyl/N-ethyl adjacent to an activating group) is 1. The molecule has 0 spiro atoms. The maximum absolute atomic E-state index is 13.3. The second kappa shape index (κ2) is 20.0. The minimum absolute atomic E-state index is 0.0491. The van der Waals surface area contributed by atoms with E-state index in [4.69, 9.17) is 11.6 Å². The van der Waals surface area contributed by atoms with E-state index in [0.717, 1.165) is 76.0 Å². The number of amides is 1. The number of fused-ring (bicyclic) bond motifs is 1. The van der Waals surface area contributed by atoms with Crippen LogP contribution in [0.3, 0.4) is 0 Å². The number of nitrogens with zero attached hydrogens (tertiary/aromatic N) is 2. The fourth-order valence-electron chi connectivity index (χ4n) is 5.89. The lowest BCUT2D eigenvalue weighted by molar-refractivity contribution is -0.123. The van der Waals surface area contributed by atoms with Gasteiger partial charge in [0.1, 0.15) is 11.9 Å². The van der Waals surface area contributed by atoms with Crippen molar-refractivity contribution in [2.24, 2.45) is 0 Å². The number of aryl methyl sites for hydroxylation is 1. The normalized spacial score (nSPS) is 15.5. The lowest BCUT2D eigenvalue weighted by Gasteiger charge is -2.24. The highest BCUT2D eigenvalue weighted by molar-refractivity contribution is 7.96. The van der Waals surface area contributed by atoms with Gasteiger partial charge < -0.3 is 20.9 Å². The highest BCUT2D eigenvalue weighted by Crippen LogP contribution is 2.37. The highest BCUT2D eigenvalue weighted by atomic mass is 35.5. The molecule has 1 heterocycles. The summed E-state index contributed by atoms with van der Waals surface area (Å²) in [6, 6.07) is 23.4. The summed E-state index contributed by atoms with van der Waals surface area (Å²) < 4.78 is 15.5. The zero-order chi connectivity index (χ0) is 34.3. The molecule has 260 valence electrons. The van der Waals surface area contributed by atoms with Crippen LogP contribution >= 0.6 is 23.5 Å². The Morgan fingerprint density at radius 3 is 2.44 bits per heavy atom. The first kappa shape index (κ1) is 37.9. The van der Waals surface area contributed by atoms with Crippen LogP contribution in [0.4, 0.5) is 4.39 Å². The van der Waals surface area contributed by atoms with Crippen LogP contribution in [0.25, 0.3) is 0 Å². The van der Waals surface area contributed by atoms with Gasteiger partial charge in [-0.2, -0.15) is 0 Å². The van der Waals surface area contributed by atoms with Crippen molar-refractivity contribution in [1.82, 2.24) is 25.2 Å². The minimum atomic E-state index is -0.321. The van der Waals surface area contributed by atoms with Gasteiger partial charge in [-0.3, -0.25) is 9.10 Å². The molecule has 3 aromatic rings. The van der Waals surface area contributed by atoms with Crippen molar-refractivity contribution in [2.75, 3.05) is 46.0 Å². The Balaban J connectivity index is 0.000000291. The molecule has 2 atom stereocenters. The third-order valence-electron chi connectivity index (χ3n) is 9.08. The Labute approximate surface area is 297 Å². The zero-order valence-corrected chi connectivity index (χ0v) is 30.6. The van der Waals surface area contributed by atoms with Gasteiger partial charge in [0.2, 0.25) is 5.91 Å². The average Bonchev–Trinajstić information content (AvgIpc) is 3.88. The van der Waals surface area contributed by atoms with Crippen LogP contribution in [-0.4, -0.2) is 67.2 Å². The average molecular weight is 694 g/mol. The summed E-state index contributed by atoms with van der Waals surface area (Å²) in [5, 5.41) is 11.2. The predicted molar refractivity (Wildman–Crippen MR) is 201 cm³/mol. The van der Waals surface area contributed by atoms with Gasteiger partial charge in [-0.05, 0) is 86.0 Å². The molecule has 0 saturated heterocycles. The number of halogens is 2. The number of carbonyl (C=O) groups excluding carboxylic acids is 1. The summed E-state index contributed by atoms with van der Waals surface area (Å²) in [5.41, 5.74) is 7.35. The van der Waals surface area contributed by atoms with Crippen LogP contribution in [0.5, 0.6) is 0 Å². The first-order chi connectivity index (χ1) is 23.3. The van der Waals surface area contributed by atoms with E-state index in [1.54, 1.807) is 18.0 Å². The molecule has 5 rings (SSSR count).